The Bertz CT molecular complexity index is 1140. The average molecular weight is 450 g/mol. The summed E-state index contributed by atoms with van der Waals surface area (Å²) in [6, 6.07) is 9.02. The van der Waals surface area contributed by atoms with E-state index in [1.165, 1.54) is 24.3 Å². The van der Waals surface area contributed by atoms with Crippen molar-refractivity contribution in [1.29, 1.82) is 0 Å². The number of halogens is 3. The van der Waals surface area contributed by atoms with Crippen molar-refractivity contribution < 1.29 is 32.3 Å². The zero-order chi connectivity index (χ0) is 23.5. The molecular weight excluding hydrogens is 423 g/mol. The summed E-state index contributed by atoms with van der Waals surface area (Å²) in [7, 11) is 1.87. The number of hydrogen-bond acceptors (Lipinski definition) is 4. The molecule has 3 rings (SSSR count). The van der Waals surface area contributed by atoms with Gasteiger partial charge in [-0.05, 0) is 42.7 Å². The van der Waals surface area contributed by atoms with Crippen molar-refractivity contribution in [3.8, 4) is 17.2 Å². The van der Waals surface area contributed by atoms with Gasteiger partial charge >= 0.3 is 6.18 Å². The number of nitrogens with one attached hydrogen (secondary N) is 1. The minimum Gasteiger partial charge on any atom is -0.507 e. The van der Waals surface area contributed by atoms with E-state index in [-0.39, 0.29) is 34.6 Å². The van der Waals surface area contributed by atoms with E-state index in [0.29, 0.717) is 0 Å². The number of benzene rings is 2. The number of rotatable bonds is 8. The summed E-state index contributed by atoms with van der Waals surface area (Å²) in [6.45, 7) is 4.96. The van der Waals surface area contributed by atoms with Crippen LogP contribution < -0.4 is 15.1 Å². The first-order valence-corrected chi connectivity index (χ1v) is 10.6. The third-order valence-electron chi connectivity index (χ3n) is 5.34. The quantitative estimate of drug-likeness (QED) is 0.523. The smallest absolute Gasteiger partial charge is 0.453 e. The van der Waals surface area contributed by atoms with Crippen molar-refractivity contribution >= 4 is 11.0 Å². The molecule has 0 saturated carbocycles. The fraction of sp³-hybridized carbons (Fsp3) is 0.375. The van der Waals surface area contributed by atoms with Gasteiger partial charge in [-0.3, -0.25) is 4.79 Å². The molecule has 1 unspecified atom stereocenters. The fourth-order valence-corrected chi connectivity index (χ4v) is 3.52. The van der Waals surface area contributed by atoms with Gasteiger partial charge in [0.1, 0.15) is 18.0 Å². The molecule has 1 heterocycles. The van der Waals surface area contributed by atoms with Crippen molar-refractivity contribution in [3.05, 3.63) is 63.5 Å². The highest BCUT2D eigenvalue weighted by Crippen LogP contribution is 2.39. The van der Waals surface area contributed by atoms with Gasteiger partial charge in [0.25, 0.3) is 5.76 Å². The first-order valence-electron chi connectivity index (χ1n) is 10.6. The Labute approximate surface area is 184 Å². The van der Waals surface area contributed by atoms with Crippen molar-refractivity contribution in [2.45, 2.75) is 45.8 Å². The molecule has 0 aliphatic heterocycles. The van der Waals surface area contributed by atoms with Crippen LogP contribution in [0.3, 0.4) is 0 Å². The Morgan fingerprint density at radius 1 is 1.09 bits per heavy atom. The average Bonchev–Trinajstić information content (AvgIpc) is 2.75. The first kappa shape index (κ1) is 23.7. The second kappa shape index (κ2) is 9.65. The second-order valence-corrected chi connectivity index (χ2v) is 7.86. The van der Waals surface area contributed by atoms with Crippen LogP contribution in [0.1, 0.15) is 43.6 Å². The molecule has 2 N–H and O–H groups in total. The van der Waals surface area contributed by atoms with E-state index in [2.05, 4.69) is 0 Å². The number of unbranched alkanes of at least 4 members (excludes halogenated alkanes) is 1. The highest BCUT2D eigenvalue weighted by molar-refractivity contribution is 5.83. The maximum absolute atomic E-state index is 13.9. The topological polar surface area (TPSA) is 64.1 Å². The van der Waals surface area contributed by atoms with Crippen LogP contribution in [0.25, 0.3) is 11.0 Å². The van der Waals surface area contributed by atoms with E-state index in [0.717, 1.165) is 36.3 Å². The number of aryl methyl sites for hydroxylation is 1. The number of hydrogen-bond donors (Lipinski definition) is 2. The number of aromatic hydroxyl groups is 1. The maximum Gasteiger partial charge on any atom is 0.453 e. The molecule has 3 aromatic rings. The van der Waals surface area contributed by atoms with Crippen LogP contribution in [0, 0.1) is 0 Å². The van der Waals surface area contributed by atoms with E-state index in [1.54, 1.807) is 12.1 Å². The Morgan fingerprint density at radius 3 is 2.38 bits per heavy atom. The van der Waals surface area contributed by atoms with Crippen molar-refractivity contribution in [2.24, 2.45) is 0 Å². The molecule has 32 heavy (non-hydrogen) atoms. The number of phenolic OH excluding ortho intramolecular Hbond substituents is 1. The summed E-state index contributed by atoms with van der Waals surface area (Å²) in [5.41, 5.74) is -0.0660. The van der Waals surface area contributed by atoms with Crippen LogP contribution in [0.15, 0.2) is 45.6 Å². The summed E-state index contributed by atoms with van der Waals surface area (Å²) in [5.74, 6) is -2.55. The van der Waals surface area contributed by atoms with Gasteiger partial charge in [0.2, 0.25) is 11.2 Å². The zero-order valence-electron chi connectivity index (χ0n) is 18.3. The predicted molar refractivity (Wildman–Crippen MR) is 115 cm³/mol. The van der Waals surface area contributed by atoms with E-state index >= 15 is 0 Å². The van der Waals surface area contributed by atoms with Crippen LogP contribution >= 0.6 is 0 Å². The number of ether oxygens (including phenoxy) is 1. The number of alkyl halides is 3. The van der Waals surface area contributed by atoms with Gasteiger partial charge in [-0.25, -0.2) is 0 Å². The van der Waals surface area contributed by atoms with Gasteiger partial charge in [-0.1, -0.05) is 32.4 Å². The summed E-state index contributed by atoms with van der Waals surface area (Å²) in [4.78, 5) is 14.0. The molecule has 1 aromatic heterocycles. The van der Waals surface area contributed by atoms with Crippen LogP contribution in [0.5, 0.6) is 17.2 Å². The molecule has 0 spiro atoms. The van der Waals surface area contributed by atoms with Crippen molar-refractivity contribution in [2.75, 3.05) is 13.6 Å². The highest BCUT2D eigenvalue weighted by Gasteiger charge is 2.41. The van der Waals surface area contributed by atoms with Crippen LogP contribution in [0.2, 0.25) is 0 Å². The fourth-order valence-electron chi connectivity index (χ4n) is 3.52. The van der Waals surface area contributed by atoms with Crippen molar-refractivity contribution in [1.82, 2.24) is 0 Å². The number of fused-ring (bicyclic) bond motifs is 1. The minimum absolute atomic E-state index is 0.0748. The number of quaternary nitrogens is 1. The first-order chi connectivity index (χ1) is 15.2. The van der Waals surface area contributed by atoms with Crippen molar-refractivity contribution in [3.63, 3.8) is 0 Å². The molecule has 8 heteroatoms. The summed E-state index contributed by atoms with van der Waals surface area (Å²) < 4.78 is 52.2. The lowest BCUT2D eigenvalue weighted by atomic mass is 10.1. The molecule has 5 nitrogen and oxygen atoms in total. The molecule has 1 atom stereocenters. The maximum atomic E-state index is 13.9. The van der Waals surface area contributed by atoms with Gasteiger partial charge in [0, 0.05) is 0 Å². The third kappa shape index (κ3) is 5.07. The Morgan fingerprint density at radius 2 is 1.78 bits per heavy atom. The summed E-state index contributed by atoms with van der Waals surface area (Å²) in [6.07, 6.45) is -2.32. The normalized spacial score (nSPS) is 12.8. The largest absolute Gasteiger partial charge is 0.507 e. The summed E-state index contributed by atoms with van der Waals surface area (Å²) >= 11 is 0. The predicted octanol–water partition coefficient (Wildman–Crippen LogP) is 4.69. The van der Waals surface area contributed by atoms with Gasteiger partial charge in [0.05, 0.1) is 24.5 Å². The van der Waals surface area contributed by atoms with Crippen LogP contribution in [-0.2, 0) is 19.1 Å². The van der Waals surface area contributed by atoms with E-state index in [1.807, 2.05) is 20.9 Å². The highest BCUT2D eigenvalue weighted by atomic mass is 19.4. The molecule has 0 aliphatic rings. The van der Waals surface area contributed by atoms with Gasteiger partial charge < -0.3 is 19.2 Å². The Balaban J connectivity index is 2.15. The minimum atomic E-state index is -4.96. The molecule has 0 fully saturated rings. The van der Waals surface area contributed by atoms with Crippen LogP contribution in [0.4, 0.5) is 13.2 Å². The molecule has 0 amide bonds. The second-order valence-electron chi connectivity index (χ2n) is 7.86. The molecule has 0 radical (unpaired) electrons. The van der Waals surface area contributed by atoms with Gasteiger partial charge in [-0.15, -0.1) is 0 Å². The van der Waals surface area contributed by atoms with Gasteiger partial charge in [0.15, 0.2) is 5.58 Å². The van der Waals surface area contributed by atoms with Gasteiger partial charge in [-0.2, -0.15) is 13.2 Å². The Hall–Kier alpha value is -3.00. The molecule has 0 aliphatic carbocycles. The molecule has 2 aromatic carbocycles. The number of phenols is 1. The molecule has 172 valence electrons. The molecule has 0 saturated heterocycles. The summed E-state index contributed by atoms with van der Waals surface area (Å²) in [5, 5.41) is 10.3. The van der Waals surface area contributed by atoms with Crippen LogP contribution in [-0.4, -0.2) is 18.7 Å². The lowest BCUT2D eigenvalue weighted by Crippen LogP contribution is -3.07. The van der Waals surface area contributed by atoms with E-state index in [4.69, 9.17) is 9.15 Å². The lowest BCUT2D eigenvalue weighted by molar-refractivity contribution is -0.893. The lowest BCUT2D eigenvalue weighted by Gasteiger charge is -2.17. The zero-order valence-corrected chi connectivity index (χ0v) is 18.3. The third-order valence-corrected chi connectivity index (χ3v) is 5.34. The monoisotopic (exact) mass is 450 g/mol. The SMILES string of the molecule is CCCC[NH+](C)Cc1c(O)ccc2c(=O)c(Oc3ccc(CC)cc3)c(C(F)(F)F)oc12. The molecule has 0 bridgehead atoms. The van der Waals surface area contributed by atoms with E-state index < -0.39 is 23.1 Å². The van der Waals surface area contributed by atoms with E-state index in [9.17, 15) is 23.1 Å². The molecular formula is C24H27F3NO4+. The standard InChI is InChI=1S/C24H26F3NO4/c1-4-6-13-28(3)14-18-19(29)12-11-17-20(30)22(23(24(25,26)27)32-21(17)18)31-16-9-7-15(5-2)8-10-16/h7-12,29H,4-6,13-14H2,1-3H3/p+1. The Kier molecular flexibility index (Phi) is 7.13.